The van der Waals surface area contributed by atoms with Gasteiger partial charge in [-0.25, -0.2) is 0 Å². The molecule has 0 saturated carbocycles. The lowest BCUT2D eigenvalue weighted by Gasteiger charge is -2.45. The summed E-state index contributed by atoms with van der Waals surface area (Å²) in [6.45, 7) is 7.80. The van der Waals surface area contributed by atoms with Crippen LogP contribution < -0.4 is 26.2 Å². The summed E-state index contributed by atoms with van der Waals surface area (Å²) in [5, 5.41) is 21.0. The molecule has 4 nitrogen and oxygen atoms in total. The van der Waals surface area contributed by atoms with E-state index >= 15 is 0 Å². The molecule has 0 spiro atoms. The lowest BCUT2D eigenvalue weighted by molar-refractivity contribution is 0.590. The molecule has 0 amide bonds. The molecule has 2 aliphatic heterocycles. The highest BCUT2D eigenvalue weighted by atomic mass is 15.2. The lowest BCUT2D eigenvalue weighted by Crippen LogP contribution is -2.62. The summed E-state index contributed by atoms with van der Waals surface area (Å²) in [7, 11) is 0. The van der Waals surface area contributed by atoms with E-state index in [9.17, 15) is 10.5 Å². The van der Waals surface area contributed by atoms with E-state index < -0.39 is 0 Å². The molecule has 0 aliphatic carbocycles. The van der Waals surface area contributed by atoms with Crippen LogP contribution in [0.3, 0.4) is 0 Å². The molecule has 2 heterocycles. The number of nitriles is 2. The molecule has 0 atom stereocenters. The summed E-state index contributed by atoms with van der Waals surface area (Å²) in [5.41, 5.74) is 21.7. The average Bonchev–Trinajstić information content (AvgIpc) is 3.38. The molecule has 9 aromatic rings. The van der Waals surface area contributed by atoms with Gasteiger partial charge in [-0.15, -0.1) is 0 Å². The van der Waals surface area contributed by atoms with Crippen LogP contribution in [0.1, 0.15) is 48.6 Å². The second-order valence-electron chi connectivity index (χ2n) is 18.7. The third-order valence-corrected chi connectivity index (χ3v) is 13.7. The normalized spacial score (nSPS) is 12.4. The van der Waals surface area contributed by atoms with Crippen molar-refractivity contribution in [2.24, 2.45) is 0 Å². The van der Waals surface area contributed by atoms with Gasteiger partial charge in [0.2, 0.25) is 0 Å². The molecule has 0 fully saturated rings. The Hall–Kier alpha value is -8.38. The Labute approximate surface area is 394 Å². The monoisotopic (exact) mass is 858 g/mol. The predicted octanol–water partition coefficient (Wildman–Crippen LogP) is 13.2. The first kappa shape index (κ1) is 41.3. The number of hydrogen-bond acceptors (Lipinski definition) is 4. The van der Waals surface area contributed by atoms with Crippen molar-refractivity contribution in [1.82, 2.24) is 0 Å². The molecule has 318 valence electrons. The smallest absolute Gasteiger partial charge is 0.252 e. The third-order valence-electron chi connectivity index (χ3n) is 13.7. The summed E-state index contributed by atoms with van der Waals surface area (Å²) < 4.78 is 0. The van der Waals surface area contributed by atoms with Crippen LogP contribution in [0.2, 0.25) is 0 Å². The van der Waals surface area contributed by atoms with Gasteiger partial charge in [0.1, 0.15) is 0 Å². The first-order valence-corrected chi connectivity index (χ1v) is 23.1. The molecule has 2 aliphatic rings. The molecule has 0 bridgehead atoms. The van der Waals surface area contributed by atoms with Crippen molar-refractivity contribution in [1.29, 1.82) is 10.5 Å². The van der Waals surface area contributed by atoms with Gasteiger partial charge in [0.25, 0.3) is 6.71 Å². The van der Waals surface area contributed by atoms with Gasteiger partial charge < -0.3 is 9.80 Å². The van der Waals surface area contributed by atoms with Gasteiger partial charge in [-0.3, -0.25) is 0 Å². The van der Waals surface area contributed by atoms with E-state index in [4.69, 9.17) is 0 Å². The Morgan fingerprint density at radius 2 is 0.746 bits per heavy atom. The molecule has 0 aromatic heterocycles. The van der Waals surface area contributed by atoms with Gasteiger partial charge in [-0.1, -0.05) is 178 Å². The van der Waals surface area contributed by atoms with Crippen molar-refractivity contribution < 1.29 is 0 Å². The maximum Gasteiger partial charge on any atom is 0.252 e. The van der Waals surface area contributed by atoms with Gasteiger partial charge in [0.15, 0.2) is 0 Å². The Morgan fingerprint density at radius 1 is 0.403 bits per heavy atom. The average molecular weight is 859 g/mol. The Kier molecular flexibility index (Phi) is 10.4. The Morgan fingerprint density at radius 3 is 1.06 bits per heavy atom. The molecular formula is C62H47BN4. The van der Waals surface area contributed by atoms with E-state index in [0.717, 1.165) is 55.9 Å². The molecule has 11 rings (SSSR count). The number of rotatable bonds is 8. The second-order valence-corrected chi connectivity index (χ2v) is 18.7. The molecular weight excluding hydrogens is 812 g/mol. The highest BCUT2D eigenvalue weighted by Gasteiger charge is 2.44. The highest BCUT2D eigenvalue weighted by Crippen LogP contribution is 2.45. The molecule has 9 aromatic carbocycles. The second kappa shape index (κ2) is 16.9. The number of anilines is 4. The zero-order chi connectivity index (χ0) is 45.6. The van der Waals surface area contributed by atoms with Crippen molar-refractivity contribution >= 4 is 45.9 Å². The number of hydrogen-bond donors (Lipinski definition) is 0. The first-order chi connectivity index (χ1) is 32.8. The fraction of sp³-hybridized carbons (Fsp3) is 0.0968. The fourth-order valence-corrected chi connectivity index (χ4v) is 10.5. The van der Waals surface area contributed by atoms with Crippen molar-refractivity contribution in [3.05, 3.63) is 234 Å². The first-order valence-electron chi connectivity index (χ1n) is 23.1. The van der Waals surface area contributed by atoms with Crippen LogP contribution >= 0.6 is 0 Å². The lowest BCUT2D eigenvalue weighted by atomic mass is 9.33. The van der Waals surface area contributed by atoms with Gasteiger partial charge in [0.05, 0.1) is 23.3 Å². The van der Waals surface area contributed by atoms with E-state index in [0.29, 0.717) is 24.2 Å². The minimum absolute atomic E-state index is 0.206. The standard InChI is InChI=1S/C62H47BN4/c1-62(2,3)48-36-59-61-60(37-48)67(41-54-51(46-22-12-6-13-23-46)28-17-29-52(54)47-24-14-7-15-25-47)58-33-31-43(39-65)35-56(58)63(61)55-34-42(38-64)30-32-57(55)66(59)40-53-49(44-18-8-4-9-19-44)26-16-27-50(53)45-20-10-5-11-21-45/h4-37H,40-41H2,1-3H3. The fourth-order valence-electron chi connectivity index (χ4n) is 10.5. The SMILES string of the molecule is CC(C)(C)c1cc2c3c(c1)N(Cc1c(-c4ccccc4)cccc1-c1ccccc1)c1ccc(C#N)cc1B3c1cc(C#N)ccc1N2Cc1c(-c2ccccc2)cccc1-c1ccccc1. The maximum absolute atomic E-state index is 10.5. The van der Waals surface area contributed by atoms with Gasteiger partial charge in [-0.05, 0) is 132 Å². The van der Waals surface area contributed by atoms with Gasteiger partial charge in [0, 0.05) is 35.8 Å². The summed E-state index contributed by atoms with van der Waals surface area (Å²) in [5.74, 6) is 0. The molecule has 0 unspecified atom stereocenters. The number of nitrogens with zero attached hydrogens (tertiary/aromatic N) is 4. The number of fused-ring (bicyclic) bond motifs is 4. The predicted molar refractivity (Wildman–Crippen MR) is 278 cm³/mol. The molecule has 5 heteroatoms. The zero-order valence-electron chi connectivity index (χ0n) is 37.9. The largest absolute Gasteiger partial charge is 0.338 e. The van der Waals surface area contributed by atoms with Crippen molar-refractivity contribution in [3.8, 4) is 56.6 Å². The van der Waals surface area contributed by atoms with Crippen LogP contribution in [-0.4, -0.2) is 6.71 Å². The van der Waals surface area contributed by atoms with Crippen LogP contribution in [0.5, 0.6) is 0 Å². The molecule has 0 radical (unpaired) electrons. The molecule has 67 heavy (non-hydrogen) atoms. The summed E-state index contributed by atoms with van der Waals surface area (Å²) >= 11 is 0. The van der Waals surface area contributed by atoms with E-state index in [-0.39, 0.29) is 12.1 Å². The number of benzene rings is 9. The van der Waals surface area contributed by atoms with Crippen molar-refractivity contribution in [3.63, 3.8) is 0 Å². The van der Waals surface area contributed by atoms with Crippen LogP contribution in [0.15, 0.2) is 206 Å². The van der Waals surface area contributed by atoms with E-state index in [1.165, 1.54) is 44.4 Å². The quantitative estimate of drug-likeness (QED) is 0.143. The van der Waals surface area contributed by atoms with Crippen LogP contribution in [0.4, 0.5) is 22.7 Å². The van der Waals surface area contributed by atoms with E-state index in [2.05, 4.69) is 237 Å². The highest BCUT2D eigenvalue weighted by molar-refractivity contribution is 7.00. The Bertz CT molecular complexity index is 3080. The Balaban J connectivity index is 1.21. The summed E-state index contributed by atoms with van der Waals surface area (Å²) in [6.07, 6.45) is 0. The van der Waals surface area contributed by atoms with E-state index in [1.807, 2.05) is 12.1 Å². The molecule has 0 N–H and O–H groups in total. The van der Waals surface area contributed by atoms with Crippen LogP contribution in [0, 0.1) is 22.7 Å². The topological polar surface area (TPSA) is 54.1 Å². The van der Waals surface area contributed by atoms with Crippen molar-refractivity contribution in [2.75, 3.05) is 9.80 Å². The van der Waals surface area contributed by atoms with Gasteiger partial charge in [-0.2, -0.15) is 10.5 Å². The third kappa shape index (κ3) is 7.36. The van der Waals surface area contributed by atoms with Crippen LogP contribution in [0.25, 0.3) is 44.5 Å². The van der Waals surface area contributed by atoms with Crippen molar-refractivity contribution in [2.45, 2.75) is 39.3 Å². The van der Waals surface area contributed by atoms with Crippen LogP contribution in [-0.2, 0) is 18.5 Å². The maximum atomic E-state index is 10.5. The minimum Gasteiger partial charge on any atom is -0.338 e. The van der Waals surface area contributed by atoms with E-state index in [1.54, 1.807) is 0 Å². The van der Waals surface area contributed by atoms with Gasteiger partial charge >= 0.3 is 0 Å². The summed E-state index contributed by atoms with van der Waals surface area (Å²) in [4.78, 5) is 5.03. The molecule has 0 saturated heterocycles. The zero-order valence-corrected chi connectivity index (χ0v) is 37.9. The summed E-state index contributed by atoms with van der Waals surface area (Å²) in [6, 6.07) is 78.4. The minimum atomic E-state index is -0.242.